The molecule has 3 aromatic carbocycles. The minimum atomic E-state index is -1.03. The van der Waals surface area contributed by atoms with Crippen LogP contribution in [-0.4, -0.2) is 41.5 Å². The summed E-state index contributed by atoms with van der Waals surface area (Å²) in [7, 11) is 0. The van der Waals surface area contributed by atoms with Crippen molar-refractivity contribution < 1.29 is 28.9 Å². The van der Waals surface area contributed by atoms with Crippen molar-refractivity contribution in [3.63, 3.8) is 0 Å². The van der Waals surface area contributed by atoms with Gasteiger partial charge in [0.1, 0.15) is 5.75 Å². The number of unbranched alkanes of at least 4 members (excludes halogenated alkanes) is 2. The van der Waals surface area contributed by atoms with Crippen LogP contribution in [0.15, 0.2) is 66.7 Å². The van der Waals surface area contributed by atoms with Crippen molar-refractivity contribution >= 4 is 28.5 Å². The van der Waals surface area contributed by atoms with Crippen LogP contribution in [0, 0.1) is 0 Å². The number of rotatable bonds is 10. The molecule has 3 heterocycles. The summed E-state index contributed by atoms with van der Waals surface area (Å²) < 4.78 is 18.7. The van der Waals surface area contributed by atoms with E-state index in [0.717, 1.165) is 59.9 Å². The zero-order valence-corrected chi connectivity index (χ0v) is 22.3. The lowest BCUT2D eigenvalue weighted by atomic mass is 10.0. The number of aryl methyl sites for hydroxylation is 1. The van der Waals surface area contributed by atoms with Gasteiger partial charge in [-0.3, -0.25) is 4.79 Å². The Hall–Kier alpha value is -4.46. The van der Waals surface area contributed by atoms with Gasteiger partial charge in [0, 0.05) is 24.9 Å². The maximum absolute atomic E-state index is 13.0. The molecule has 0 atom stereocenters. The Balaban J connectivity index is 1.31. The third kappa shape index (κ3) is 5.09. The molecule has 0 spiro atoms. The van der Waals surface area contributed by atoms with E-state index in [1.807, 2.05) is 71.3 Å². The Morgan fingerprint density at radius 1 is 0.900 bits per heavy atom. The number of amides is 1. The summed E-state index contributed by atoms with van der Waals surface area (Å²) in [6, 6.07) is 21.5. The predicted octanol–water partition coefficient (Wildman–Crippen LogP) is 6.50. The first kappa shape index (κ1) is 25.8. The van der Waals surface area contributed by atoms with Crippen LogP contribution in [-0.2, 0) is 11.3 Å². The van der Waals surface area contributed by atoms with E-state index in [2.05, 4.69) is 0 Å². The fourth-order valence-corrected chi connectivity index (χ4v) is 5.61. The minimum Gasteiger partial charge on any atom is -0.494 e. The summed E-state index contributed by atoms with van der Waals surface area (Å²) in [5.74, 6) is 1.18. The molecule has 0 aliphatic carbocycles. The Morgan fingerprint density at radius 2 is 1.70 bits per heavy atom. The smallest absolute Gasteiger partial charge is 0.354 e. The first-order valence-corrected chi connectivity index (χ1v) is 13.9. The molecule has 206 valence electrons. The molecular formula is C32H32N2O6. The molecule has 1 N–H and O–H groups in total. The van der Waals surface area contributed by atoms with Crippen LogP contribution < -0.4 is 19.1 Å². The third-order valence-corrected chi connectivity index (χ3v) is 7.58. The molecule has 1 amide bonds. The Morgan fingerprint density at radius 3 is 2.52 bits per heavy atom. The summed E-state index contributed by atoms with van der Waals surface area (Å²) in [5.41, 5.74) is 3.35. The van der Waals surface area contributed by atoms with Crippen molar-refractivity contribution in [1.82, 2.24) is 4.57 Å². The molecule has 4 aromatic rings. The van der Waals surface area contributed by atoms with Crippen LogP contribution in [0.2, 0.25) is 0 Å². The van der Waals surface area contributed by atoms with Crippen LogP contribution in [0.5, 0.6) is 17.2 Å². The number of hydrogen-bond donors (Lipinski definition) is 1. The molecule has 0 saturated carbocycles. The molecule has 2 aliphatic rings. The Kier molecular flexibility index (Phi) is 7.31. The number of carbonyl (C=O) groups excluding carboxylic acids is 1. The molecule has 0 bridgehead atoms. The van der Waals surface area contributed by atoms with E-state index in [0.29, 0.717) is 43.3 Å². The molecule has 0 unspecified atom stereocenters. The van der Waals surface area contributed by atoms with Gasteiger partial charge >= 0.3 is 5.97 Å². The zero-order chi connectivity index (χ0) is 27.5. The van der Waals surface area contributed by atoms with Crippen molar-refractivity contribution in [3.05, 3.63) is 72.4 Å². The number of nitrogens with zero attached hydrogens (tertiary/aromatic N) is 2. The lowest BCUT2D eigenvalue weighted by molar-refractivity contribution is -0.119. The fraction of sp³-hybridized carbons (Fsp3) is 0.312. The van der Waals surface area contributed by atoms with Crippen molar-refractivity contribution in [3.8, 4) is 28.4 Å². The molecule has 0 radical (unpaired) electrons. The Bertz CT molecular complexity index is 1540. The maximum Gasteiger partial charge on any atom is 0.354 e. The molecule has 8 nitrogen and oxygen atoms in total. The second kappa shape index (κ2) is 11.3. The van der Waals surface area contributed by atoms with Gasteiger partial charge in [0.2, 0.25) is 12.7 Å². The summed E-state index contributed by atoms with van der Waals surface area (Å²) >= 11 is 0. The highest BCUT2D eigenvalue weighted by molar-refractivity contribution is 6.13. The number of carbonyl (C=O) groups is 2. The van der Waals surface area contributed by atoms with Gasteiger partial charge in [0.15, 0.2) is 17.2 Å². The van der Waals surface area contributed by atoms with E-state index in [4.69, 9.17) is 14.2 Å². The second-order valence-electron chi connectivity index (χ2n) is 10.2. The number of aromatic nitrogens is 1. The lowest BCUT2D eigenvalue weighted by Gasteiger charge is -2.27. The SMILES string of the molecule is O=C(O)c1c(N2CCCCC2=O)c2cc(-c3ccc4c(c3)OCO4)ccc2n1CCCCCOc1ccccc1. The number of carboxylic acids is 1. The van der Waals surface area contributed by atoms with Gasteiger partial charge < -0.3 is 28.8 Å². The van der Waals surface area contributed by atoms with Crippen LogP contribution in [0.4, 0.5) is 5.69 Å². The second-order valence-corrected chi connectivity index (χ2v) is 10.2. The quantitative estimate of drug-likeness (QED) is 0.231. The highest BCUT2D eigenvalue weighted by Crippen LogP contribution is 2.41. The van der Waals surface area contributed by atoms with Gasteiger partial charge in [0.05, 0.1) is 17.8 Å². The van der Waals surface area contributed by atoms with Gasteiger partial charge in [0.25, 0.3) is 0 Å². The van der Waals surface area contributed by atoms with Gasteiger partial charge in [-0.15, -0.1) is 0 Å². The van der Waals surface area contributed by atoms with Gasteiger partial charge in [-0.2, -0.15) is 0 Å². The Labute approximate surface area is 232 Å². The average Bonchev–Trinajstić information content (AvgIpc) is 3.57. The van der Waals surface area contributed by atoms with Crippen molar-refractivity contribution in [2.24, 2.45) is 0 Å². The van der Waals surface area contributed by atoms with Crippen LogP contribution >= 0.6 is 0 Å². The zero-order valence-electron chi connectivity index (χ0n) is 22.3. The van der Waals surface area contributed by atoms with Crippen molar-refractivity contribution in [2.45, 2.75) is 45.1 Å². The summed E-state index contributed by atoms with van der Waals surface area (Å²) in [5, 5.41) is 11.2. The molecule has 2 aliphatic heterocycles. The van der Waals surface area contributed by atoms with E-state index in [1.54, 1.807) is 4.90 Å². The maximum atomic E-state index is 13.0. The first-order valence-electron chi connectivity index (χ1n) is 13.9. The van der Waals surface area contributed by atoms with Gasteiger partial charge in [-0.25, -0.2) is 4.79 Å². The number of anilines is 1. The van der Waals surface area contributed by atoms with E-state index in [9.17, 15) is 14.7 Å². The largest absolute Gasteiger partial charge is 0.494 e. The topological polar surface area (TPSA) is 90.2 Å². The van der Waals surface area contributed by atoms with E-state index < -0.39 is 5.97 Å². The van der Waals surface area contributed by atoms with Crippen molar-refractivity contribution in [2.75, 3.05) is 24.8 Å². The minimum absolute atomic E-state index is 0.0284. The molecule has 40 heavy (non-hydrogen) atoms. The normalized spacial score (nSPS) is 14.6. The number of para-hydroxylation sites is 1. The monoisotopic (exact) mass is 540 g/mol. The summed E-state index contributed by atoms with van der Waals surface area (Å²) in [6.07, 6.45) is 4.64. The molecule has 1 fully saturated rings. The molecular weight excluding hydrogens is 508 g/mol. The molecule has 1 saturated heterocycles. The number of carboxylic acid groups (broad SMARTS) is 1. The van der Waals surface area contributed by atoms with Gasteiger partial charge in [-0.1, -0.05) is 30.3 Å². The molecule has 1 aromatic heterocycles. The highest BCUT2D eigenvalue weighted by Gasteiger charge is 2.31. The van der Waals surface area contributed by atoms with Crippen LogP contribution in [0.25, 0.3) is 22.0 Å². The molecule has 6 rings (SSSR count). The fourth-order valence-electron chi connectivity index (χ4n) is 5.61. The first-order chi connectivity index (χ1) is 19.6. The number of benzene rings is 3. The lowest BCUT2D eigenvalue weighted by Crippen LogP contribution is -2.36. The van der Waals surface area contributed by atoms with E-state index in [1.165, 1.54) is 0 Å². The summed E-state index contributed by atoms with van der Waals surface area (Å²) in [6.45, 7) is 1.86. The third-order valence-electron chi connectivity index (χ3n) is 7.58. The summed E-state index contributed by atoms with van der Waals surface area (Å²) in [4.78, 5) is 27.4. The number of piperidine rings is 1. The average molecular weight is 541 g/mol. The predicted molar refractivity (Wildman–Crippen MR) is 152 cm³/mol. The van der Waals surface area contributed by atoms with Crippen LogP contribution in [0.1, 0.15) is 49.0 Å². The highest BCUT2D eigenvalue weighted by atomic mass is 16.7. The van der Waals surface area contributed by atoms with Gasteiger partial charge in [-0.05, 0) is 79.6 Å². The standard InChI is InChI=1S/C32H32N2O6/c35-29-11-5-7-17-34(29)30-25-19-22(23-13-15-27-28(20-23)40-21-39-27)12-14-26(25)33(31(30)32(36)37)16-6-2-8-18-38-24-9-3-1-4-10-24/h1,3-4,9-10,12-15,19-20H,2,5-8,11,16-18,21H2,(H,36,37). The van der Waals surface area contributed by atoms with E-state index >= 15 is 0 Å². The van der Waals surface area contributed by atoms with Crippen LogP contribution in [0.3, 0.4) is 0 Å². The number of aromatic carboxylic acids is 1. The molecule has 8 heteroatoms. The number of fused-ring (bicyclic) bond motifs is 2. The van der Waals surface area contributed by atoms with Crippen molar-refractivity contribution in [1.29, 1.82) is 0 Å². The van der Waals surface area contributed by atoms with E-state index in [-0.39, 0.29) is 18.4 Å². The number of hydrogen-bond acceptors (Lipinski definition) is 5. The number of ether oxygens (including phenoxy) is 3.